The predicted octanol–water partition coefficient (Wildman–Crippen LogP) is 1.91. The summed E-state index contributed by atoms with van der Waals surface area (Å²) < 4.78 is 35.3. The van der Waals surface area contributed by atoms with Crippen molar-refractivity contribution in [2.24, 2.45) is 5.92 Å². The highest BCUT2D eigenvalue weighted by molar-refractivity contribution is 7.92. The zero-order valence-electron chi connectivity index (χ0n) is 14.5. The number of hydrogen-bond donors (Lipinski definition) is 0. The van der Waals surface area contributed by atoms with Crippen LogP contribution in [-0.4, -0.2) is 58.4 Å². The first-order valence-corrected chi connectivity index (χ1v) is 9.94. The molecule has 0 unspecified atom stereocenters. The van der Waals surface area contributed by atoms with E-state index in [0.717, 1.165) is 12.8 Å². The Balaban J connectivity index is 1.87. The summed E-state index contributed by atoms with van der Waals surface area (Å²) in [5.41, 5.74) is 0. The maximum Gasteiger partial charge on any atom is 0.238 e. The number of carbonyl (C=O) groups excluding carboxylic acids is 1. The smallest absolute Gasteiger partial charge is 0.238 e. The van der Waals surface area contributed by atoms with Crippen molar-refractivity contribution in [1.82, 2.24) is 4.90 Å². The van der Waals surface area contributed by atoms with Crippen LogP contribution in [0.15, 0.2) is 41.8 Å². The lowest BCUT2D eigenvalue weighted by atomic mass is 9.98. The number of benzene rings is 1. The van der Waals surface area contributed by atoms with Gasteiger partial charge in [-0.1, -0.05) is 6.08 Å². The van der Waals surface area contributed by atoms with Crippen molar-refractivity contribution in [2.45, 2.75) is 17.7 Å². The summed E-state index contributed by atoms with van der Waals surface area (Å²) >= 11 is 0. The molecule has 1 aromatic rings. The van der Waals surface area contributed by atoms with E-state index in [1.54, 1.807) is 23.1 Å². The number of piperidine rings is 1. The van der Waals surface area contributed by atoms with Crippen molar-refractivity contribution in [3.63, 3.8) is 0 Å². The second kappa shape index (κ2) is 9.01. The van der Waals surface area contributed by atoms with Crippen molar-refractivity contribution in [3.8, 4) is 5.75 Å². The van der Waals surface area contributed by atoms with Gasteiger partial charge in [-0.25, -0.2) is 8.42 Å². The summed E-state index contributed by atoms with van der Waals surface area (Å²) in [7, 11) is -2.13. The Bertz CT molecular complexity index is 676. The molecule has 6 nitrogen and oxygen atoms in total. The van der Waals surface area contributed by atoms with E-state index in [1.807, 2.05) is 0 Å². The van der Waals surface area contributed by atoms with Crippen molar-refractivity contribution in [2.75, 3.05) is 39.2 Å². The maximum atomic E-state index is 12.4. The highest BCUT2D eigenvalue weighted by atomic mass is 32.2. The van der Waals surface area contributed by atoms with Crippen molar-refractivity contribution >= 4 is 15.7 Å². The van der Waals surface area contributed by atoms with Gasteiger partial charge in [0.25, 0.3) is 0 Å². The van der Waals surface area contributed by atoms with Gasteiger partial charge >= 0.3 is 0 Å². The lowest BCUT2D eigenvalue weighted by Gasteiger charge is -2.31. The number of hydrogen-bond acceptors (Lipinski definition) is 5. The van der Waals surface area contributed by atoms with Crippen LogP contribution in [0, 0.1) is 5.92 Å². The van der Waals surface area contributed by atoms with Crippen LogP contribution in [0.3, 0.4) is 0 Å². The zero-order chi connectivity index (χ0) is 18.3. The van der Waals surface area contributed by atoms with Gasteiger partial charge in [0.1, 0.15) is 11.5 Å². The molecule has 25 heavy (non-hydrogen) atoms. The van der Waals surface area contributed by atoms with Gasteiger partial charge in [0.2, 0.25) is 5.91 Å². The summed E-state index contributed by atoms with van der Waals surface area (Å²) in [6.45, 7) is 5.92. The largest absolute Gasteiger partial charge is 0.497 e. The van der Waals surface area contributed by atoms with Crippen LogP contribution >= 0.6 is 0 Å². The molecule has 1 amide bonds. The first-order valence-electron chi connectivity index (χ1n) is 8.29. The Kier molecular flexibility index (Phi) is 7.01. The molecule has 1 heterocycles. The fourth-order valence-electron chi connectivity index (χ4n) is 2.79. The number of methoxy groups -OCH3 is 1. The summed E-state index contributed by atoms with van der Waals surface area (Å²) in [6.07, 6.45) is 3.36. The van der Waals surface area contributed by atoms with E-state index in [0.29, 0.717) is 38.0 Å². The van der Waals surface area contributed by atoms with Crippen LogP contribution in [0.1, 0.15) is 12.8 Å². The molecule has 1 aliphatic heterocycles. The predicted molar refractivity (Wildman–Crippen MR) is 95.4 cm³/mol. The molecule has 138 valence electrons. The van der Waals surface area contributed by atoms with E-state index in [9.17, 15) is 13.2 Å². The Morgan fingerprint density at radius 2 is 1.92 bits per heavy atom. The molecule has 2 rings (SSSR count). The molecule has 0 N–H and O–H groups in total. The minimum Gasteiger partial charge on any atom is -0.497 e. The van der Waals surface area contributed by atoms with Gasteiger partial charge in [-0.05, 0) is 43.0 Å². The first kappa shape index (κ1) is 19.5. The second-order valence-electron chi connectivity index (χ2n) is 6.08. The fraction of sp³-hybridized carbons (Fsp3) is 0.500. The average molecular weight is 367 g/mol. The van der Waals surface area contributed by atoms with Crippen molar-refractivity contribution in [3.05, 3.63) is 36.9 Å². The van der Waals surface area contributed by atoms with E-state index in [1.165, 1.54) is 19.2 Å². The van der Waals surface area contributed by atoms with Crippen molar-refractivity contribution < 1.29 is 22.7 Å². The first-order chi connectivity index (χ1) is 12.0. The lowest BCUT2D eigenvalue weighted by Crippen LogP contribution is -2.42. The number of amides is 1. The van der Waals surface area contributed by atoms with Gasteiger partial charge in [0, 0.05) is 19.7 Å². The average Bonchev–Trinajstić information content (AvgIpc) is 2.62. The normalized spacial score (nSPS) is 15.8. The highest BCUT2D eigenvalue weighted by Crippen LogP contribution is 2.20. The van der Waals surface area contributed by atoms with E-state index < -0.39 is 15.6 Å². The van der Waals surface area contributed by atoms with Gasteiger partial charge in [0.05, 0.1) is 18.6 Å². The van der Waals surface area contributed by atoms with Crippen LogP contribution in [0.25, 0.3) is 0 Å². The fourth-order valence-corrected chi connectivity index (χ4v) is 4.01. The molecule has 1 saturated heterocycles. The summed E-state index contributed by atoms with van der Waals surface area (Å²) in [5, 5.41) is 0. The Labute approximate surface area is 149 Å². The van der Waals surface area contributed by atoms with E-state index in [2.05, 4.69) is 6.58 Å². The van der Waals surface area contributed by atoms with E-state index in [-0.39, 0.29) is 10.8 Å². The monoisotopic (exact) mass is 367 g/mol. The minimum atomic E-state index is -3.65. The second-order valence-corrected chi connectivity index (χ2v) is 8.07. The number of ether oxygens (including phenoxy) is 2. The molecular formula is C18H25NO5S. The molecule has 0 atom stereocenters. The maximum absolute atomic E-state index is 12.4. The quantitative estimate of drug-likeness (QED) is 0.518. The van der Waals surface area contributed by atoms with Gasteiger partial charge in [0.15, 0.2) is 9.84 Å². The molecule has 0 aromatic heterocycles. The third-order valence-corrected chi connectivity index (χ3v) is 5.91. The van der Waals surface area contributed by atoms with Crippen LogP contribution in [-0.2, 0) is 19.4 Å². The van der Waals surface area contributed by atoms with Crippen LogP contribution < -0.4 is 4.74 Å². The van der Waals surface area contributed by atoms with Gasteiger partial charge in [-0.15, -0.1) is 6.58 Å². The Hall–Kier alpha value is -1.86. The van der Waals surface area contributed by atoms with Crippen LogP contribution in [0.4, 0.5) is 0 Å². The summed E-state index contributed by atoms with van der Waals surface area (Å²) in [6, 6.07) is 6.08. The molecule has 1 aromatic carbocycles. The minimum absolute atomic E-state index is 0.134. The molecule has 1 fully saturated rings. The SMILES string of the molecule is C=CCOCC1CCN(C(=O)CS(=O)(=O)c2ccc(OC)cc2)CC1. The molecular weight excluding hydrogens is 342 g/mol. The Morgan fingerprint density at radius 3 is 2.48 bits per heavy atom. The van der Waals surface area contributed by atoms with E-state index in [4.69, 9.17) is 9.47 Å². The van der Waals surface area contributed by atoms with E-state index >= 15 is 0 Å². The van der Waals surface area contributed by atoms with Gasteiger partial charge in [-0.3, -0.25) is 4.79 Å². The van der Waals surface area contributed by atoms with Crippen LogP contribution in [0.5, 0.6) is 5.75 Å². The van der Waals surface area contributed by atoms with Gasteiger partial charge in [-0.2, -0.15) is 0 Å². The molecule has 0 bridgehead atoms. The number of nitrogens with zero attached hydrogens (tertiary/aromatic N) is 1. The molecule has 0 aliphatic carbocycles. The standard InChI is InChI=1S/C18H25NO5S/c1-3-12-24-13-15-8-10-19(11-9-15)18(20)14-25(21,22)17-6-4-16(23-2)5-7-17/h3-7,15H,1,8-14H2,2H3. The summed E-state index contributed by atoms with van der Waals surface area (Å²) in [5.74, 6) is 0.131. The third-order valence-electron chi connectivity index (χ3n) is 4.29. The Morgan fingerprint density at radius 1 is 1.28 bits per heavy atom. The highest BCUT2D eigenvalue weighted by Gasteiger charge is 2.27. The number of sulfone groups is 1. The molecule has 7 heteroatoms. The molecule has 0 radical (unpaired) electrons. The molecule has 0 saturated carbocycles. The third kappa shape index (κ3) is 5.57. The lowest BCUT2D eigenvalue weighted by molar-refractivity contribution is -0.130. The summed E-state index contributed by atoms with van der Waals surface area (Å²) in [4.78, 5) is 14.1. The number of likely N-dealkylation sites (tertiary alicyclic amines) is 1. The number of carbonyl (C=O) groups is 1. The van der Waals surface area contributed by atoms with Crippen molar-refractivity contribution in [1.29, 1.82) is 0 Å². The zero-order valence-corrected chi connectivity index (χ0v) is 15.3. The molecule has 0 spiro atoms. The topological polar surface area (TPSA) is 72.9 Å². The number of rotatable bonds is 8. The van der Waals surface area contributed by atoms with Crippen LogP contribution in [0.2, 0.25) is 0 Å². The van der Waals surface area contributed by atoms with Gasteiger partial charge < -0.3 is 14.4 Å². The molecule has 1 aliphatic rings.